The van der Waals surface area contributed by atoms with Gasteiger partial charge in [-0.15, -0.1) is 0 Å². The molecule has 12 heavy (non-hydrogen) atoms. The van der Waals surface area contributed by atoms with Crippen molar-refractivity contribution in [3.63, 3.8) is 0 Å². The van der Waals surface area contributed by atoms with Crippen LogP contribution >= 0.6 is 0 Å². The lowest BCUT2D eigenvalue weighted by atomic mass is 10.1. The molecule has 0 unspecified atom stereocenters. The summed E-state index contributed by atoms with van der Waals surface area (Å²) in [7, 11) is 1.48. The molecular formula is C9H10FNO. The van der Waals surface area contributed by atoms with E-state index in [1.807, 2.05) is 0 Å². The smallest absolute Gasteiger partial charge is 0.165 e. The molecule has 0 radical (unpaired) electrons. The molecule has 0 saturated carbocycles. The zero-order valence-electron chi connectivity index (χ0n) is 6.86. The highest BCUT2D eigenvalue weighted by atomic mass is 19.1. The van der Waals surface area contributed by atoms with Gasteiger partial charge in [-0.3, -0.25) is 0 Å². The zero-order chi connectivity index (χ0) is 8.55. The third-order valence-electron chi connectivity index (χ3n) is 2.10. The Morgan fingerprint density at radius 2 is 2.00 bits per heavy atom. The lowest BCUT2D eigenvalue weighted by Gasteiger charge is -2.03. The van der Waals surface area contributed by atoms with E-state index in [0.29, 0.717) is 5.75 Å². The molecule has 0 atom stereocenters. The molecule has 0 amide bonds. The third-order valence-corrected chi connectivity index (χ3v) is 2.10. The highest BCUT2D eigenvalue weighted by Crippen LogP contribution is 2.24. The fraction of sp³-hybridized carbons (Fsp3) is 0.333. The van der Waals surface area contributed by atoms with Crippen LogP contribution in [0, 0.1) is 5.82 Å². The molecule has 0 aliphatic carbocycles. The number of halogens is 1. The van der Waals surface area contributed by atoms with Crippen molar-refractivity contribution in [3.8, 4) is 5.75 Å². The molecule has 0 fully saturated rings. The van der Waals surface area contributed by atoms with Gasteiger partial charge in [0.25, 0.3) is 0 Å². The molecule has 64 valence electrons. The van der Waals surface area contributed by atoms with Crippen LogP contribution in [0.4, 0.5) is 4.39 Å². The van der Waals surface area contributed by atoms with Gasteiger partial charge in [0.1, 0.15) is 0 Å². The molecule has 1 heterocycles. The molecular weight excluding hydrogens is 157 g/mol. The standard InChI is InChI=1S/C9H10FNO/c1-12-9-3-7-5-11-4-6(7)2-8(9)10/h2-3,11H,4-5H2,1H3. The maximum Gasteiger partial charge on any atom is 0.165 e. The summed E-state index contributed by atoms with van der Waals surface area (Å²) >= 11 is 0. The topological polar surface area (TPSA) is 21.3 Å². The van der Waals surface area contributed by atoms with Gasteiger partial charge in [-0.25, -0.2) is 4.39 Å². The maximum atomic E-state index is 13.1. The molecule has 1 aromatic rings. The van der Waals surface area contributed by atoms with Crippen molar-refractivity contribution in [2.75, 3.05) is 7.11 Å². The molecule has 0 spiro atoms. The predicted octanol–water partition coefficient (Wildman–Crippen LogP) is 1.44. The van der Waals surface area contributed by atoms with E-state index in [1.165, 1.54) is 13.2 Å². The van der Waals surface area contributed by atoms with Crippen LogP contribution in [0.1, 0.15) is 11.1 Å². The SMILES string of the molecule is COc1cc2c(cc1F)CNC2. The Morgan fingerprint density at radius 3 is 2.67 bits per heavy atom. The number of hydrogen-bond donors (Lipinski definition) is 1. The van der Waals surface area contributed by atoms with Crippen molar-refractivity contribution in [2.24, 2.45) is 0 Å². The van der Waals surface area contributed by atoms with Gasteiger partial charge in [0.05, 0.1) is 7.11 Å². The number of methoxy groups -OCH3 is 1. The van der Waals surface area contributed by atoms with E-state index >= 15 is 0 Å². The molecule has 1 N–H and O–H groups in total. The largest absolute Gasteiger partial charge is 0.494 e. The van der Waals surface area contributed by atoms with E-state index in [-0.39, 0.29) is 5.82 Å². The minimum Gasteiger partial charge on any atom is -0.494 e. The minimum atomic E-state index is -0.278. The Kier molecular flexibility index (Phi) is 1.73. The number of rotatable bonds is 1. The Hall–Kier alpha value is -1.09. The van der Waals surface area contributed by atoms with Crippen molar-refractivity contribution in [2.45, 2.75) is 13.1 Å². The van der Waals surface area contributed by atoms with E-state index in [0.717, 1.165) is 24.2 Å². The average molecular weight is 167 g/mol. The summed E-state index contributed by atoms with van der Waals surface area (Å²) in [5.41, 5.74) is 2.17. The summed E-state index contributed by atoms with van der Waals surface area (Å²) in [6.07, 6.45) is 0. The Labute approximate surface area is 70.3 Å². The van der Waals surface area contributed by atoms with Crippen LogP contribution < -0.4 is 10.1 Å². The Bertz CT molecular complexity index is 311. The van der Waals surface area contributed by atoms with E-state index in [1.54, 1.807) is 6.07 Å². The first kappa shape index (κ1) is 7.55. The van der Waals surface area contributed by atoms with E-state index in [9.17, 15) is 4.39 Å². The van der Waals surface area contributed by atoms with Crippen molar-refractivity contribution in [1.29, 1.82) is 0 Å². The first-order valence-corrected chi connectivity index (χ1v) is 3.87. The highest BCUT2D eigenvalue weighted by molar-refractivity contribution is 5.38. The van der Waals surface area contributed by atoms with Gasteiger partial charge < -0.3 is 10.1 Å². The van der Waals surface area contributed by atoms with Gasteiger partial charge in [-0.2, -0.15) is 0 Å². The fourth-order valence-corrected chi connectivity index (χ4v) is 1.45. The summed E-state index contributed by atoms with van der Waals surface area (Å²) < 4.78 is 18.0. The van der Waals surface area contributed by atoms with Crippen molar-refractivity contribution < 1.29 is 9.13 Å². The zero-order valence-corrected chi connectivity index (χ0v) is 6.86. The summed E-state index contributed by atoms with van der Waals surface area (Å²) in [5, 5.41) is 3.14. The molecule has 2 rings (SSSR count). The second kappa shape index (κ2) is 2.75. The monoisotopic (exact) mass is 167 g/mol. The first-order valence-electron chi connectivity index (χ1n) is 3.87. The van der Waals surface area contributed by atoms with Crippen LogP contribution in [-0.4, -0.2) is 7.11 Å². The summed E-state index contributed by atoms with van der Waals surface area (Å²) in [6, 6.07) is 3.29. The van der Waals surface area contributed by atoms with Crippen LogP contribution in [0.15, 0.2) is 12.1 Å². The van der Waals surface area contributed by atoms with Crippen LogP contribution in [-0.2, 0) is 13.1 Å². The number of hydrogen-bond acceptors (Lipinski definition) is 2. The van der Waals surface area contributed by atoms with Gasteiger partial charge in [0.15, 0.2) is 11.6 Å². The maximum absolute atomic E-state index is 13.1. The second-order valence-electron chi connectivity index (χ2n) is 2.86. The van der Waals surface area contributed by atoms with Crippen LogP contribution in [0.5, 0.6) is 5.75 Å². The van der Waals surface area contributed by atoms with Gasteiger partial charge >= 0.3 is 0 Å². The van der Waals surface area contributed by atoms with E-state index in [4.69, 9.17) is 4.74 Å². The molecule has 1 aromatic carbocycles. The van der Waals surface area contributed by atoms with Gasteiger partial charge in [0.2, 0.25) is 0 Å². The Balaban J connectivity index is 2.49. The van der Waals surface area contributed by atoms with Crippen molar-refractivity contribution in [3.05, 3.63) is 29.1 Å². The molecule has 3 heteroatoms. The second-order valence-corrected chi connectivity index (χ2v) is 2.86. The summed E-state index contributed by atoms with van der Waals surface area (Å²) in [4.78, 5) is 0. The molecule has 0 saturated heterocycles. The quantitative estimate of drug-likeness (QED) is 0.683. The summed E-state index contributed by atoms with van der Waals surface area (Å²) in [6.45, 7) is 1.57. The first-order chi connectivity index (χ1) is 5.81. The number of nitrogens with one attached hydrogen (secondary N) is 1. The van der Waals surface area contributed by atoms with Gasteiger partial charge in [-0.1, -0.05) is 0 Å². The van der Waals surface area contributed by atoms with Crippen molar-refractivity contribution in [1.82, 2.24) is 5.32 Å². The molecule has 2 nitrogen and oxygen atoms in total. The van der Waals surface area contributed by atoms with E-state index < -0.39 is 0 Å². The Morgan fingerprint density at radius 1 is 1.33 bits per heavy atom. The lowest BCUT2D eigenvalue weighted by Crippen LogP contribution is -1.99. The number of ether oxygens (including phenoxy) is 1. The predicted molar refractivity (Wildman–Crippen MR) is 43.5 cm³/mol. The van der Waals surface area contributed by atoms with Gasteiger partial charge in [0, 0.05) is 13.1 Å². The normalized spacial score (nSPS) is 14.5. The molecule has 1 aliphatic rings. The van der Waals surface area contributed by atoms with Crippen LogP contribution in [0.3, 0.4) is 0 Å². The highest BCUT2D eigenvalue weighted by Gasteiger charge is 2.13. The minimum absolute atomic E-state index is 0.278. The molecule has 1 aliphatic heterocycles. The van der Waals surface area contributed by atoms with Crippen molar-refractivity contribution >= 4 is 0 Å². The lowest BCUT2D eigenvalue weighted by molar-refractivity contribution is 0.386. The third kappa shape index (κ3) is 1.06. The van der Waals surface area contributed by atoms with Crippen LogP contribution in [0.25, 0.3) is 0 Å². The van der Waals surface area contributed by atoms with E-state index in [2.05, 4.69) is 5.32 Å². The van der Waals surface area contributed by atoms with Crippen LogP contribution in [0.2, 0.25) is 0 Å². The summed E-state index contributed by atoms with van der Waals surface area (Å²) in [5.74, 6) is 0.0531. The van der Waals surface area contributed by atoms with Gasteiger partial charge in [-0.05, 0) is 23.3 Å². The fourth-order valence-electron chi connectivity index (χ4n) is 1.45. The number of benzene rings is 1. The average Bonchev–Trinajstić information content (AvgIpc) is 2.49. The molecule has 0 aromatic heterocycles. The molecule has 0 bridgehead atoms. The number of fused-ring (bicyclic) bond motifs is 1.